The van der Waals surface area contributed by atoms with E-state index in [2.05, 4.69) is 13.0 Å². The van der Waals surface area contributed by atoms with Crippen molar-refractivity contribution in [2.75, 3.05) is 6.61 Å². The lowest BCUT2D eigenvalue weighted by Crippen LogP contribution is -2.21. The fraction of sp³-hybridized carbons (Fsp3) is 0.250. The molecule has 1 aliphatic rings. The summed E-state index contributed by atoms with van der Waals surface area (Å²) in [4.78, 5) is 12.7. The van der Waals surface area contributed by atoms with Crippen LogP contribution in [0.1, 0.15) is 36.8 Å². The van der Waals surface area contributed by atoms with E-state index in [0.29, 0.717) is 6.61 Å². The van der Waals surface area contributed by atoms with Crippen molar-refractivity contribution in [1.29, 1.82) is 0 Å². The van der Waals surface area contributed by atoms with Gasteiger partial charge >= 0.3 is 5.97 Å². The van der Waals surface area contributed by atoms with Gasteiger partial charge in [-0.1, -0.05) is 55.5 Å². The van der Waals surface area contributed by atoms with Crippen LogP contribution in [0.4, 0.5) is 0 Å². The summed E-state index contributed by atoms with van der Waals surface area (Å²) in [7, 11) is 0. The summed E-state index contributed by atoms with van der Waals surface area (Å²) in [5, 5.41) is 0. The molecule has 2 aromatic carbocycles. The lowest BCUT2D eigenvalue weighted by Gasteiger charge is -2.26. The van der Waals surface area contributed by atoms with Crippen LogP contribution < -0.4 is 4.74 Å². The summed E-state index contributed by atoms with van der Waals surface area (Å²) in [5.41, 5.74) is 1.72. The molecule has 23 heavy (non-hydrogen) atoms. The first-order valence-electron chi connectivity index (χ1n) is 7.98. The Balaban J connectivity index is 1.83. The number of ether oxygens (including phenoxy) is 2. The third-order valence-corrected chi connectivity index (χ3v) is 3.85. The molecule has 0 fully saturated rings. The lowest BCUT2D eigenvalue weighted by molar-refractivity contribution is -0.144. The number of carbonyl (C=O) groups is 1. The van der Waals surface area contributed by atoms with Crippen molar-refractivity contribution in [2.24, 2.45) is 0 Å². The topological polar surface area (TPSA) is 35.5 Å². The number of para-hydroxylation sites is 2. The van der Waals surface area contributed by atoms with E-state index < -0.39 is 5.92 Å². The molecule has 3 heteroatoms. The maximum Gasteiger partial charge on any atom is 0.318 e. The van der Waals surface area contributed by atoms with Crippen LogP contribution in [0.15, 0.2) is 60.7 Å². The zero-order valence-electron chi connectivity index (χ0n) is 13.2. The van der Waals surface area contributed by atoms with Crippen LogP contribution >= 0.6 is 0 Å². The molecule has 118 valence electrons. The summed E-state index contributed by atoms with van der Waals surface area (Å²) in [6.07, 6.45) is 5.85. The van der Waals surface area contributed by atoms with Crippen molar-refractivity contribution in [3.8, 4) is 11.5 Å². The van der Waals surface area contributed by atoms with Crippen molar-refractivity contribution in [1.82, 2.24) is 0 Å². The molecule has 0 amide bonds. The number of carbonyl (C=O) groups excluding carboxylic acids is 1. The predicted octanol–water partition coefficient (Wildman–Crippen LogP) is 4.82. The maximum absolute atomic E-state index is 12.7. The Hall–Kier alpha value is -2.55. The second-order valence-corrected chi connectivity index (χ2v) is 5.45. The lowest BCUT2D eigenvalue weighted by atomic mass is 9.88. The molecule has 0 N–H and O–H groups in total. The van der Waals surface area contributed by atoms with Crippen molar-refractivity contribution < 1.29 is 14.3 Å². The third-order valence-electron chi connectivity index (χ3n) is 3.85. The minimum absolute atomic E-state index is 0.224. The van der Waals surface area contributed by atoms with Gasteiger partial charge in [-0.15, -0.1) is 0 Å². The summed E-state index contributed by atoms with van der Waals surface area (Å²) in [6.45, 7) is 2.48. The first-order valence-corrected chi connectivity index (χ1v) is 7.98. The van der Waals surface area contributed by atoms with Crippen LogP contribution in [-0.2, 0) is 9.53 Å². The quantitative estimate of drug-likeness (QED) is 0.451. The summed E-state index contributed by atoms with van der Waals surface area (Å²) < 4.78 is 11.4. The Kier molecular flexibility index (Phi) is 4.77. The van der Waals surface area contributed by atoms with Gasteiger partial charge in [-0.25, -0.2) is 0 Å². The number of hydrogen-bond acceptors (Lipinski definition) is 3. The number of rotatable bonds is 5. The largest absolute Gasteiger partial charge is 0.465 e. The average molecular weight is 308 g/mol. The van der Waals surface area contributed by atoms with Gasteiger partial charge in [0.2, 0.25) is 0 Å². The van der Waals surface area contributed by atoms with Crippen LogP contribution in [0.5, 0.6) is 11.5 Å². The molecule has 3 nitrogen and oxygen atoms in total. The highest BCUT2D eigenvalue weighted by Crippen LogP contribution is 2.44. The van der Waals surface area contributed by atoms with Crippen LogP contribution in [-0.4, -0.2) is 12.6 Å². The second kappa shape index (κ2) is 7.14. The van der Waals surface area contributed by atoms with Gasteiger partial charge in [-0.05, 0) is 25.0 Å². The summed E-state index contributed by atoms with van der Waals surface area (Å²) in [5.74, 6) is 0.794. The van der Waals surface area contributed by atoms with E-state index in [1.807, 2.05) is 54.6 Å². The number of allylic oxidation sites excluding steroid dienone is 1. The first kappa shape index (κ1) is 15.3. The molecule has 0 saturated heterocycles. The van der Waals surface area contributed by atoms with Crippen LogP contribution in [0.25, 0.3) is 0 Å². The minimum atomic E-state index is -0.425. The van der Waals surface area contributed by atoms with Gasteiger partial charge in [0.25, 0.3) is 0 Å². The van der Waals surface area contributed by atoms with E-state index in [0.717, 1.165) is 35.5 Å². The molecule has 0 bridgehead atoms. The fourth-order valence-corrected chi connectivity index (χ4v) is 2.76. The highest BCUT2D eigenvalue weighted by molar-refractivity contribution is 5.85. The molecule has 1 heterocycles. The van der Waals surface area contributed by atoms with Gasteiger partial charge in [0.15, 0.2) is 0 Å². The van der Waals surface area contributed by atoms with Gasteiger partial charge in [0.1, 0.15) is 17.4 Å². The zero-order chi connectivity index (χ0) is 16.1. The molecular formula is C20H20O3. The number of benzene rings is 2. The van der Waals surface area contributed by atoms with Gasteiger partial charge in [0, 0.05) is 11.1 Å². The number of fused-ring (bicyclic) bond motifs is 2. The highest BCUT2D eigenvalue weighted by Gasteiger charge is 2.33. The van der Waals surface area contributed by atoms with Gasteiger partial charge in [-0.3, -0.25) is 4.79 Å². The predicted molar refractivity (Wildman–Crippen MR) is 89.8 cm³/mol. The summed E-state index contributed by atoms with van der Waals surface area (Å²) >= 11 is 0. The van der Waals surface area contributed by atoms with E-state index in [-0.39, 0.29) is 5.97 Å². The smallest absolute Gasteiger partial charge is 0.318 e. The fourth-order valence-electron chi connectivity index (χ4n) is 2.76. The monoisotopic (exact) mass is 308 g/mol. The Labute approximate surface area is 136 Å². The Bertz CT molecular complexity index is 673. The van der Waals surface area contributed by atoms with Gasteiger partial charge in [-0.2, -0.15) is 0 Å². The van der Waals surface area contributed by atoms with E-state index in [1.54, 1.807) is 0 Å². The van der Waals surface area contributed by atoms with E-state index in [4.69, 9.17) is 9.47 Å². The van der Waals surface area contributed by atoms with E-state index in [1.165, 1.54) is 0 Å². The zero-order valence-corrected chi connectivity index (χ0v) is 13.2. The second-order valence-electron chi connectivity index (χ2n) is 5.45. The highest BCUT2D eigenvalue weighted by atomic mass is 16.5. The Morgan fingerprint density at radius 2 is 1.65 bits per heavy atom. The molecule has 0 spiro atoms. The maximum atomic E-state index is 12.7. The van der Waals surface area contributed by atoms with Crippen LogP contribution in [0.2, 0.25) is 0 Å². The van der Waals surface area contributed by atoms with Gasteiger partial charge in [0.05, 0.1) is 6.61 Å². The van der Waals surface area contributed by atoms with Crippen molar-refractivity contribution in [3.05, 3.63) is 71.8 Å². The van der Waals surface area contributed by atoms with Crippen LogP contribution in [0, 0.1) is 0 Å². The molecule has 0 aliphatic carbocycles. The molecule has 0 unspecified atom stereocenters. The third kappa shape index (κ3) is 3.29. The molecule has 2 aromatic rings. The van der Waals surface area contributed by atoms with E-state index in [9.17, 15) is 4.79 Å². The molecule has 3 rings (SSSR count). The average Bonchev–Trinajstić information content (AvgIpc) is 2.59. The molecule has 0 saturated carbocycles. The first-order chi connectivity index (χ1) is 11.3. The van der Waals surface area contributed by atoms with E-state index >= 15 is 0 Å². The number of esters is 1. The van der Waals surface area contributed by atoms with Crippen molar-refractivity contribution >= 4 is 5.97 Å². The SMILES string of the molecule is CC/C=C\CCOC(=O)C1c2ccccc2Oc2ccccc21. The molecule has 0 aromatic heterocycles. The summed E-state index contributed by atoms with van der Waals surface area (Å²) in [6, 6.07) is 15.3. The standard InChI is InChI=1S/C20H20O3/c1-2-3-4-9-14-22-20(21)19-15-10-5-7-12-17(15)23-18-13-8-6-11-16(18)19/h3-8,10-13,19H,2,9,14H2,1H3/b4-3-. The molecule has 1 aliphatic heterocycles. The Morgan fingerprint density at radius 3 is 2.26 bits per heavy atom. The van der Waals surface area contributed by atoms with Gasteiger partial charge < -0.3 is 9.47 Å². The van der Waals surface area contributed by atoms with Crippen molar-refractivity contribution in [2.45, 2.75) is 25.7 Å². The normalized spacial score (nSPS) is 13.3. The van der Waals surface area contributed by atoms with Crippen LogP contribution in [0.3, 0.4) is 0 Å². The number of hydrogen-bond donors (Lipinski definition) is 0. The molecule has 0 radical (unpaired) electrons. The molecule has 0 atom stereocenters. The minimum Gasteiger partial charge on any atom is -0.465 e. The van der Waals surface area contributed by atoms with Crippen molar-refractivity contribution in [3.63, 3.8) is 0 Å². The Morgan fingerprint density at radius 1 is 1.04 bits per heavy atom. The molecular weight excluding hydrogens is 288 g/mol.